The van der Waals surface area contributed by atoms with Gasteiger partial charge < -0.3 is 0 Å². The Bertz CT molecular complexity index is 504. The molecule has 0 saturated carbocycles. The van der Waals surface area contributed by atoms with Gasteiger partial charge in [0.1, 0.15) is 0 Å². The molecule has 1 aromatic carbocycles. The zero-order valence-electron chi connectivity index (χ0n) is 9.48. The molecule has 0 aliphatic heterocycles. The van der Waals surface area contributed by atoms with Gasteiger partial charge in [-0.1, -0.05) is 0 Å². The van der Waals surface area contributed by atoms with Crippen molar-refractivity contribution in [2.24, 2.45) is 0 Å². The molecule has 84 valence electrons. The maximum atomic E-state index is 4.14. The van der Waals surface area contributed by atoms with E-state index in [4.69, 9.17) is 0 Å². The van der Waals surface area contributed by atoms with E-state index in [9.17, 15) is 0 Å². The number of hydrogen-bond donors (Lipinski definition) is 0. The van der Waals surface area contributed by atoms with Gasteiger partial charge in [0, 0.05) is 0 Å². The number of hydrogen-bond acceptors (Lipinski definition) is 3. The van der Waals surface area contributed by atoms with Crippen molar-refractivity contribution in [3.05, 3.63) is 28.7 Å². The predicted molar refractivity (Wildman–Crippen MR) is 69.7 cm³/mol. The van der Waals surface area contributed by atoms with Gasteiger partial charge in [0.2, 0.25) is 0 Å². The second-order valence-corrected chi connectivity index (χ2v) is 19.0. The molecule has 2 aromatic rings. The molecule has 1 aromatic heterocycles. The van der Waals surface area contributed by atoms with E-state index in [-0.39, 0.29) is 0 Å². The first-order valence-electron chi connectivity index (χ1n) is 5.04. The Morgan fingerprint density at radius 1 is 1.19 bits per heavy atom. The molecule has 0 unspecified atom stereocenters. The van der Waals surface area contributed by atoms with Crippen molar-refractivity contribution in [1.29, 1.82) is 0 Å². The third-order valence-electron chi connectivity index (χ3n) is 2.22. The fourth-order valence-corrected chi connectivity index (χ4v) is 5.08. The summed E-state index contributed by atoms with van der Waals surface area (Å²) >= 11 is 1.22. The minimum atomic E-state index is -2.31. The van der Waals surface area contributed by atoms with Crippen LogP contribution in [-0.2, 0) is 0 Å². The summed E-state index contributed by atoms with van der Waals surface area (Å²) in [5.74, 6) is 0.871. The van der Waals surface area contributed by atoms with Crippen molar-refractivity contribution in [1.82, 2.24) is 18.4 Å². The summed E-state index contributed by atoms with van der Waals surface area (Å²) in [4.78, 5) is 6.85. The van der Waals surface area contributed by atoms with E-state index >= 15 is 0 Å². The van der Waals surface area contributed by atoms with Gasteiger partial charge in [0.15, 0.2) is 0 Å². The molecule has 0 atom stereocenters. The Hall–Kier alpha value is -0.431. The molecule has 1 heterocycles. The molecule has 0 bridgehead atoms. The molecule has 2 rings (SSSR count). The van der Waals surface area contributed by atoms with E-state index in [1.165, 1.54) is 0 Å². The summed E-state index contributed by atoms with van der Waals surface area (Å²) in [6.07, 6.45) is 0. The molecule has 0 saturated heterocycles. The third-order valence-corrected chi connectivity index (χ3v) is 7.40. The molecule has 0 spiro atoms. The van der Waals surface area contributed by atoms with Crippen LogP contribution < -0.4 is 0 Å². The van der Waals surface area contributed by atoms with Crippen molar-refractivity contribution >= 4 is 34.6 Å². The van der Waals surface area contributed by atoms with Crippen LogP contribution in [0.5, 0.6) is 0 Å². The third kappa shape index (κ3) is 2.29. The monoisotopic (exact) mass is 388 g/mol. The molecule has 6 heteroatoms. The van der Waals surface area contributed by atoms with Gasteiger partial charge >= 0.3 is 108 Å². The predicted octanol–water partition coefficient (Wildman–Crippen LogP) is 2.79. The molecule has 0 aliphatic carbocycles. The van der Waals surface area contributed by atoms with Crippen LogP contribution in [-0.4, -0.2) is 37.1 Å². The van der Waals surface area contributed by atoms with Crippen LogP contribution in [0.4, 0.5) is 0 Å². The maximum absolute atomic E-state index is 4.14. The van der Waals surface area contributed by atoms with E-state index in [2.05, 4.69) is 46.3 Å². The topological polar surface area (TPSA) is 43.6 Å². The minimum absolute atomic E-state index is 0.871. The first kappa shape index (κ1) is 12.0. The summed E-state index contributed by atoms with van der Waals surface area (Å²) in [6, 6.07) is 8.02. The van der Waals surface area contributed by atoms with E-state index in [0.29, 0.717) is 0 Å². The van der Waals surface area contributed by atoms with Crippen molar-refractivity contribution in [2.45, 2.75) is 14.8 Å². The average Bonchev–Trinajstić information content (AvgIpc) is 2.66. The standard InChI is InChI=1S/C7H4BrN4.3CH3.Sn/c8-6-4-2-1-3-5(6)7-9-11-12-10-7;;;;/h1-4H;3*1H3;/q-1;;;;+1. The number of aromatic nitrogens is 4. The normalized spacial score (nSPS) is 11.8. The second kappa shape index (κ2) is 4.44. The Labute approximate surface area is 107 Å². The zero-order valence-corrected chi connectivity index (χ0v) is 13.9. The van der Waals surface area contributed by atoms with Gasteiger partial charge in [-0.05, 0) is 0 Å². The number of rotatable bonds is 2. The van der Waals surface area contributed by atoms with Gasteiger partial charge in [-0.3, -0.25) is 0 Å². The zero-order chi connectivity index (χ0) is 11.8. The first-order valence-corrected chi connectivity index (χ1v) is 15.7. The van der Waals surface area contributed by atoms with Gasteiger partial charge in [-0.25, -0.2) is 0 Å². The Morgan fingerprint density at radius 3 is 2.50 bits per heavy atom. The van der Waals surface area contributed by atoms with Crippen LogP contribution in [0.1, 0.15) is 0 Å². The van der Waals surface area contributed by atoms with Crippen molar-refractivity contribution in [3.63, 3.8) is 0 Å². The number of halogens is 1. The molecule has 4 nitrogen and oxygen atoms in total. The van der Waals surface area contributed by atoms with Crippen LogP contribution in [0, 0.1) is 0 Å². The van der Waals surface area contributed by atoms with E-state index in [1.54, 1.807) is 0 Å². The molecular formula is C10H13BrN4Sn. The average molecular weight is 388 g/mol. The molecular weight excluding hydrogens is 375 g/mol. The molecule has 0 aliphatic rings. The van der Waals surface area contributed by atoms with Gasteiger partial charge in [0.25, 0.3) is 0 Å². The van der Waals surface area contributed by atoms with Crippen LogP contribution in [0.2, 0.25) is 14.8 Å². The number of benzene rings is 1. The van der Waals surface area contributed by atoms with Crippen molar-refractivity contribution in [2.75, 3.05) is 0 Å². The number of tetrazole rings is 1. The first-order chi connectivity index (χ1) is 7.50. The van der Waals surface area contributed by atoms with Crippen LogP contribution in [0.15, 0.2) is 28.7 Å². The molecule has 0 fully saturated rings. The Morgan fingerprint density at radius 2 is 1.88 bits per heavy atom. The van der Waals surface area contributed by atoms with Crippen molar-refractivity contribution in [3.8, 4) is 11.4 Å². The van der Waals surface area contributed by atoms with Gasteiger partial charge in [0.05, 0.1) is 0 Å². The van der Waals surface area contributed by atoms with Gasteiger partial charge in [-0.2, -0.15) is 0 Å². The SMILES string of the molecule is [CH3][Sn]([CH3])([CH3])[n]1nnnc1-c1ccccc1Br. The summed E-state index contributed by atoms with van der Waals surface area (Å²) in [5, 5.41) is 12.1. The number of nitrogens with zero attached hydrogens (tertiary/aromatic N) is 4. The molecule has 0 N–H and O–H groups in total. The fraction of sp³-hybridized carbons (Fsp3) is 0.300. The van der Waals surface area contributed by atoms with Crippen LogP contribution in [0.3, 0.4) is 0 Å². The van der Waals surface area contributed by atoms with E-state index < -0.39 is 18.7 Å². The molecule has 16 heavy (non-hydrogen) atoms. The van der Waals surface area contributed by atoms with Crippen molar-refractivity contribution < 1.29 is 0 Å². The van der Waals surface area contributed by atoms with Gasteiger partial charge in [-0.15, -0.1) is 0 Å². The summed E-state index contributed by atoms with van der Waals surface area (Å²) in [7, 11) is 0. The summed E-state index contributed by atoms with van der Waals surface area (Å²) < 4.78 is 3.07. The van der Waals surface area contributed by atoms with E-state index in [1.807, 2.05) is 27.2 Å². The quantitative estimate of drug-likeness (QED) is 0.744. The summed E-state index contributed by atoms with van der Waals surface area (Å²) in [5.41, 5.74) is 1.05. The fourth-order valence-electron chi connectivity index (χ4n) is 1.45. The van der Waals surface area contributed by atoms with Crippen LogP contribution >= 0.6 is 15.9 Å². The molecule has 0 radical (unpaired) electrons. The Balaban J connectivity index is 2.58. The Kier molecular flexibility index (Phi) is 3.34. The second-order valence-electron chi connectivity index (χ2n) is 4.56. The van der Waals surface area contributed by atoms with E-state index in [0.717, 1.165) is 15.9 Å². The summed E-state index contributed by atoms with van der Waals surface area (Å²) in [6.45, 7) is 0. The molecule has 0 amide bonds. The van der Waals surface area contributed by atoms with Crippen LogP contribution in [0.25, 0.3) is 11.4 Å².